The first-order valence-corrected chi connectivity index (χ1v) is 6.94. The molecular formula is C16H25NO3. The Kier molecular flexibility index (Phi) is 6.52. The van der Waals surface area contributed by atoms with E-state index < -0.39 is 0 Å². The molecule has 0 atom stereocenters. The van der Waals surface area contributed by atoms with E-state index in [9.17, 15) is 4.79 Å². The summed E-state index contributed by atoms with van der Waals surface area (Å²) in [6, 6.07) is 4.18. The van der Waals surface area contributed by atoms with Crippen molar-refractivity contribution in [1.82, 2.24) is 5.32 Å². The number of nitrogens with one attached hydrogen (secondary N) is 1. The van der Waals surface area contributed by atoms with Gasteiger partial charge in [-0.2, -0.15) is 0 Å². The highest BCUT2D eigenvalue weighted by atomic mass is 16.6. The van der Waals surface area contributed by atoms with Crippen LogP contribution in [0.25, 0.3) is 0 Å². The minimum absolute atomic E-state index is 0.0525. The van der Waals surface area contributed by atoms with Crippen LogP contribution in [0.2, 0.25) is 0 Å². The smallest absolute Gasteiger partial charge is 0.343 e. The molecule has 0 aromatic heterocycles. The first-order valence-electron chi connectivity index (χ1n) is 6.94. The van der Waals surface area contributed by atoms with Crippen molar-refractivity contribution in [3.63, 3.8) is 0 Å². The molecule has 0 saturated heterocycles. The number of hydrogen-bond donors (Lipinski definition) is 1. The highest BCUT2D eigenvalue weighted by Gasteiger charge is 2.09. The molecule has 1 aromatic rings. The quantitative estimate of drug-likeness (QED) is 0.779. The number of esters is 1. The Hall–Kier alpha value is -1.55. The van der Waals surface area contributed by atoms with Crippen molar-refractivity contribution >= 4 is 5.97 Å². The third kappa shape index (κ3) is 5.21. The molecule has 0 saturated carbocycles. The Balaban J connectivity index is 2.68. The van der Waals surface area contributed by atoms with E-state index in [0.717, 1.165) is 30.0 Å². The first kappa shape index (κ1) is 16.5. The molecule has 0 aliphatic rings. The van der Waals surface area contributed by atoms with Gasteiger partial charge in [-0.15, -0.1) is 0 Å². The second-order valence-corrected chi connectivity index (χ2v) is 5.45. The van der Waals surface area contributed by atoms with Gasteiger partial charge in [0.05, 0.1) is 7.11 Å². The van der Waals surface area contributed by atoms with Crippen molar-refractivity contribution in [2.24, 2.45) is 5.92 Å². The summed E-state index contributed by atoms with van der Waals surface area (Å²) in [5.41, 5.74) is 3.30. The Morgan fingerprint density at radius 1 is 1.25 bits per heavy atom. The van der Waals surface area contributed by atoms with Crippen molar-refractivity contribution in [2.45, 2.75) is 34.2 Å². The number of rotatable bonds is 7. The van der Waals surface area contributed by atoms with E-state index in [2.05, 4.69) is 36.0 Å². The van der Waals surface area contributed by atoms with Crippen LogP contribution >= 0.6 is 0 Å². The number of benzene rings is 1. The SMILES string of the molecule is COC(=O)COc1c(C)cc(CNCC(C)C)cc1C. The van der Waals surface area contributed by atoms with Gasteiger partial charge < -0.3 is 14.8 Å². The van der Waals surface area contributed by atoms with E-state index in [4.69, 9.17) is 4.74 Å². The molecule has 0 heterocycles. The van der Waals surface area contributed by atoms with Gasteiger partial charge in [0.2, 0.25) is 0 Å². The molecule has 0 radical (unpaired) electrons. The maximum Gasteiger partial charge on any atom is 0.343 e. The molecule has 0 bridgehead atoms. The molecule has 0 unspecified atom stereocenters. The first-order chi connectivity index (χ1) is 9.43. The molecule has 1 rings (SSSR count). The number of carbonyl (C=O) groups excluding carboxylic acids is 1. The summed E-state index contributed by atoms with van der Waals surface area (Å²) < 4.78 is 10.1. The average molecular weight is 279 g/mol. The third-order valence-corrected chi connectivity index (χ3v) is 2.96. The monoisotopic (exact) mass is 279 g/mol. The van der Waals surface area contributed by atoms with Crippen LogP contribution in [0.5, 0.6) is 5.75 Å². The minimum Gasteiger partial charge on any atom is -0.481 e. The Bertz CT molecular complexity index is 432. The standard InChI is InChI=1S/C16H25NO3/c1-11(2)8-17-9-14-6-12(3)16(13(4)7-14)20-10-15(18)19-5/h6-7,11,17H,8-10H2,1-5H3. The van der Waals surface area contributed by atoms with E-state index in [1.165, 1.54) is 12.7 Å². The van der Waals surface area contributed by atoms with Crippen LogP contribution in [0.1, 0.15) is 30.5 Å². The van der Waals surface area contributed by atoms with Crippen LogP contribution in [-0.2, 0) is 16.1 Å². The highest BCUT2D eigenvalue weighted by molar-refractivity contribution is 5.71. The largest absolute Gasteiger partial charge is 0.481 e. The van der Waals surface area contributed by atoms with Crippen molar-refractivity contribution in [1.29, 1.82) is 0 Å². The van der Waals surface area contributed by atoms with Gasteiger partial charge in [0.1, 0.15) is 5.75 Å². The maximum absolute atomic E-state index is 11.1. The summed E-state index contributed by atoms with van der Waals surface area (Å²) in [7, 11) is 1.36. The Morgan fingerprint density at radius 2 is 1.85 bits per heavy atom. The van der Waals surface area contributed by atoms with Crippen LogP contribution < -0.4 is 10.1 Å². The van der Waals surface area contributed by atoms with Gasteiger partial charge in [-0.05, 0) is 43.0 Å². The van der Waals surface area contributed by atoms with E-state index >= 15 is 0 Å². The van der Waals surface area contributed by atoms with Gasteiger partial charge in [-0.25, -0.2) is 4.79 Å². The van der Waals surface area contributed by atoms with E-state index in [0.29, 0.717) is 5.92 Å². The number of carbonyl (C=O) groups is 1. The molecule has 0 spiro atoms. The zero-order chi connectivity index (χ0) is 15.1. The Labute approximate surface area is 121 Å². The van der Waals surface area contributed by atoms with Gasteiger partial charge in [0.25, 0.3) is 0 Å². The van der Waals surface area contributed by atoms with E-state index in [1.54, 1.807) is 0 Å². The van der Waals surface area contributed by atoms with Crippen molar-refractivity contribution in [3.05, 3.63) is 28.8 Å². The van der Waals surface area contributed by atoms with Crippen LogP contribution in [0.3, 0.4) is 0 Å². The molecule has 0 fully saturated rings. The molecular weight excluding hydrogens is 254 g/mol. The van der Waals surface area contributed by atoms with Crippen LogP contribution in [0.15, 0.2) is 12.1 Å². The lowest BCUT2D eigenvalue weighted by molar-refractivity contribution is -0.142. The summed E-state index contributed by atoms with van der Waals surface area (Å²) in [5, 5.41) is 3.42. The average Bonchev–Trinajstić information content (AvgIpc) is 2.37. The fourth-order valence-electron chi connectivity index (χ4n) is 2.06. The predicted octanol–water partition coefficient (Wildman–Crippen LogP) is 2.60. The third-order valence-electron chi connectivity index (χ3n) is 2.96. The van der Waals surface area contributed by atoms with Gasteiger partial charge in [-0.1, -0.05) is 26.0 Å². The molecule has 1 N–H and O–H groups in total. The van der Waals surface area contributed by atoms with Gasteiger partial charge >= 0.3 is 5.97 Å². The summed E-state index contributed by atoms with van der Waals surface area (Å²) in [4.78, 5) is 11.1. The fraction of sp³-hybridized carbons (Fsp3) is 0.562. The molecule has 0 aliphatic heterocycles. The summed E-state index contributed by atoms with van der Waals surface area (Å²) in [5.74, 6) is 1.04. The second-order valence-electron chi connectivity index (χ2n) is 5.45. The molecule has 1 aromatic carbocycles. The van der Waals surface area contributed by atoms with E-state index in [1.807, 2.05) is 13.8 Å². The van der Waals surface area contributed by atoms with Crippen LogP contribution in [-0.4, -0.2) is 26.2 Å². The van der Waals surface area contributed by atoms with Crippen LogP contribution in [0.4, 0.5) is 0 Å². The lowest BCUT2D eigenvalue weighted by Gasteiger charge is -2.14. The van der Waals surface area contributed by atoms with Crippen molar-refractivity contribution in [2.75, 3.05) is 20.3 Å². The van der Waals surface area contributed by atoms with Gasteiger partial charge in [-0.3, -0.25) is 0 Å². The topological polar surface area (TPSA) is 47.6 Å². The maximum atomic E-state index is 11.1. The summed E-state index contributed by atoms with van der Waals surface area (Å²) >= 11 is 0. The van der Waals surface area contributed by atoms with E-state index in [-0.39, 0.29) is 12.6 Å². The zero-order valence-corrected chi connectivity index (χ0v) is 13.1. The second kappa shape index (κ2) is 7.90. The summed E-state index contributed by atoms with van der Waals surface area (Å²) in [6.45, 7) is 10.1. The summed E-state index contributed by atoms with van der Waals surface area (Å²) in [6.07, 6.45) is 0. The highest BCUT2D eigenvalue weighted by Crippen LogP contribution is 2.24. The lowest BCUT2D eigenvalue weighted by atomic mass is 10.1. The number of methoxy groups -OCH3 is 1. The Morgan fingerprint density at radius 3 is 2.35 bits per heavy atom. The predicted molar refractivity (Wildman–Crippen MR) is 80.0 cm³/mol. The molecule has 20 heavy (non-hydrogen) atoms. The molecule has 4 heteroatoms. The minimum atomic E-state index is -0.369. The normalized spacial score (nSPS) is 10.7. The fourth-order valence-corrected chi connectivity index (χ4v) is 2.06. The van der Waals surface area contributed by atoms with Crippen LogP contribution in [0, 0.1) is 19.8 Å². The molecule has 0 aliphatic carbocycles. The number of hydrogen-bond acceptors (Lipinski definition) is 4. The molecule has 0 amide bonds. The number of ether oxygens (including phenoxy) is 2. The van der Waals surface area contributed by atoms with Crippen molar-refractivity contribution < 1.29 is 14.3 Å². The zero-order valence-electron chi connectivity index (χ0n) is 13.1. The molecule has 4 nitrogen and oxygen atoms in total. The van der Waals surface area contributed by atoms with Gasteiger partial charge in [0.15, 0.2) is 6.61 Å². The van der Waals surface area contributed by atoms with Gasteiger partial charge in [0, 0.05) is 6.54 Å². The van der Waals surface area contributed by atoms with Crippen molar-refractivity contribution in [3.8, 4) is 5.75 Å². The lowest BCUT2D eigenvalue weighted by Crippen LogP contribution is -2.19. The number of aryl methyl sites for hydroxylation is 2. The molecule has 112 valence electrons.